The molecule has 2 aliphatic rings. The third-order valence-corrected chi connectivity index (χ3v) is 5.20. The van der Waals surface area contributed by atoms with Gasteiger partial charge in [-0.1, -0.05) is 60.7 Å². The predicted molar refractivity (Wildman–Crippen MR) is 92.1 cm³/mol. The van der Waals surface area contributed by atoms with Crippen LogP contribution < -0.4 is 5.32 Å². The number of fused-ring (bicyclic) bond motifs is 1. The minimum absolute atomic E-state index is 0.00100. The first kappa shape index (κ1) is 15.4. The number of hydrogen-bond donors (Lipinski definition) is 1. The Bertz CT molecular complexity index is 719. The van der Waals surface area contributed by atoms with Gasteiger partial charge in [0, 0.05) is 13.0 Å². The second kappa shape index (κ2) is 6.04. The van der Waals surface area contributed by atoms with Crippen LogP contribution in [-0.4, -0.2) is 29.2 Å². The van der Waals surface area contributed by atoms with Crippen LogP contribution in [-0.2, 0) is 16.1 Å². The molecule has 0 radical (unpaired) electrons. The third kappa shape index (κ3) is 2.52. The van der Waals surface area contributed by atoms with Gasteiger partial charge in [-0.05, 0) is 18.1 Å². The third-order valence-electron chi connectivity index (χ3n) is 5.20. The zero-order valence-electron chi connectivity index (χ0n) is 13.8. The molecule has 0 spiro atoms. The summed E-state index contributed by atoms with van der Waals surface area (Å²) in [7, 11) is 0. The van der Waals surface area contributed by atoms with Crippen molar-refractivity contribution in [1.29, 1.82) is 0 Å². The van der Waals surface area contributed by atoms with Crippen molar-refractivity contribution in [2.75, 3.05) is 6.61 Å². The SMILES string of the molecule is C[C@]12OC[C@H](c3ccccc3)N1C(=O)C[C@H]2NCc1ccccc1. The zero-order chi connectivity index (χ0) is 16.6. The highest BCUT2D eigenvalue weighted by atomic mass is 16.5. The van der Waals surface area contributed by atoms with Crippen LogP contribution in [0, 0.1) is 0 Å². The number of amides is 1. The van der Waals surface area contributed by atoms with E-state index in [1.165, 1.54) is 5.56 Å². The van der Waals surface area contributed by atoms with Gasteiger partial charge in [-0.3, -0.25) is 4.79 Å². The molecule has 2 saturated heterocycles. The fourth-order valence-corrected chi connectivity index (χ4v) is 3.87. The highest BCUT2D eigenvalue weighted by Gasteiger charge is 2.57. The second-order valence-corrected chi connectivity index (χ2v) is 6.68. The summed E-state index contributed by atoms with van der Waals surface area (Å²) in [6.07, 6.45) is 0.479. The van der Waals surface area contributed by atoms with E-state index >= 15 is 0 Å². The molecule has 24 heavy (non-hydrogen) atoms. The Balaban J connectivity index is 1.53. The van der Waals surface area contributed by atoms with Crippen LogP contribution in [0.1, 0.15) is 30.5 Å². The number of nitrogens with one attached hydrogen (secondary N) is 1. The van der Waals surface area contributed by atoms with E-state index in [0.29, 0.717) is 13.0 Å². The molecule has 4 nitrogen and oxygen atoms in total. The summed E-state index contributed by atoms with van der Waals surface area (Å²) in [5.74, 6) is 0.161. The van der Waals surface area contributed by atoms with E-state index in [1.807, 2.05) is 48.2 Å². The van der Waals surface area contributed by atoms with Crippen LogP contribution in [0.15, 0.2) is 60.7 Å². The van der Waals surface area contributed by atoms with E-state index in [0.717, 1.165) is 12.1 Å². The van der Waals surface area contributed by atoms with Crippen molar-refractivity contribution in [1.82, 2.24) is 10.2 Å². The zero-order valence-corrected chi connectivity index (χ0v) is 13.8. The van der Waals surface area contributed by atoms with E-state index < -0.39 is 5.72 Å². The molecule has 2 aromatic rings. The number of rotatable bonds is 4. The molecule has 0 bridgehead atoms. The first-order chi connectivity index (χ1) is 11.7. The van der Waals surface area contributed by atoms with Crippen molar-refractivity contribution in [2.45, 2.75) is 37.7 Å². The van der Waals surface area contributed by atoms with Crippen molar-refractivity contribution in [3.8, 4) is 0 Å². The monoisotopic (exact) mass is 322 g/mol. The quantitative estimate of drug-likeness (QED) is 0.941. The van der Waals surface area contributed by atoms with Crippen molar-refractivity contribution in [3.05, 3.63) is 71.8 Å². The molecule has 2 heterocycles. The van der Waals surface area contributed by atoms with Gasteiger partial charge in [0.2, 0.25) is 5.91 Å². The number of carbonyl (C=O) groups is 1. The van der Waals surface area contributed by atoms with E-state index in [9.17, 15) is 4.79 Å². The Morgan fingerprint density at radius 1 is 1.12 bits per heavy atom. The van der Waals surface area contributed by atoms with Crippen LogP contribution in [0.2, 0.25) is 0 Å². The van der Waals surface area contributed by atoms with E-state index in [1.54, 1.807) is 0 Å². The largest absolute Gasteiger partial charge is 0.352 e. The number of carbonyl (C=O) groups excluding carboxylic acids is 1. The standard InChI is InChI=1S/C20H22N2O2/c1-20-18(21-13-15-8-4-2-5-9-15)12-19(23)22(20)17(14-24-20)16-10-6-3-7-11-16/h2-11,17-18,21H,12-14H2,1H3/t17-,18-,20-/m1/s1. The van der Waals surface area contributed by atoms with Crippen LogP contribution in [0.5, 0.6) is 0 Å². The highest BCUT2D eigenvalue weighted by molar-refractivity contribution is 5.81. The minimum Gasteiger partial charge on any atom is -0.352 e. The maximum Gasteiger partial charge on any atom is 0.227 e. The normalized spacial score (nSPS) is 29.0. The van der Waals surface area contributed by atoms with Gasteiger partial charge in [0.05, 0.1) is 18.7 Å². The lowest BCUT2D eigenvalue weighted by Gasteiger charge is -2.34. The summed E-state index contributed by atoms with van der Waals surface area (Å²) in [5, 5.41) is 3.52. The average Bonchev–Trinajstić information content (AvgIpc) is 3.09. The Kier molecular flexibility index (Phi) is 3.87. The van der Waals surface area contributed by atoms with Gasteiger partial charge in [-0.15, -0.1) is 0 Å². The Hall–Kier alpha value is -2.17. The molecule has 0 saturated carbocycles. The lowest BCUT2D eigenvalue weighted by atomic mass is 10.0. The van der Waals surface area contributed by atoms with Crippen molar-refractivity contribution in [2.24, 2.45) is 0 Å². The highest BCUT2D eigenvalue weighted by Crippen LogP contribution is 2.44. The maximum absolute atomic E-state index is 12.7. The summed E-state index contributed by atoms with van der Waals surface area (Å²) in [4.78, 5) is 14.6. The fourth-order valence-electron chi connectivity index (χ4n) is 3.87. The summed E-state index contributed by atoms with van der Waals surface area (Å²) in [5.41, 5.74) is 1.77. The van der Waals surface area contributed by atoms with Crippen molar-refractivity contribution in [3.63, 3.8) is 0 Å². The number of ether oxygens (including phenoxy) is 1. The van der Waals surface area contributed by atoms with Crippen LogP contribution in [0.3, 0.4) is 0 Å². The molecule has 3 atom stereocenters. The Labute approximate surface area is 142 Å². The molecule has 2 aromatic carbocycles. The van der Waals surface area contributed by atoms with Crippen molar-refractivity contribution < 1.29 is 9.53 Å². The van der Waals surface area contributed by atoms with Gasteiger partial charge >= 0.3 is 0 Å². The molecular formula is C20H22N2O2. The lowest BCUT2D eigenvalue weighted by molar-refractivity contribution is -0.137. The van der Waals surface area contributed by atoms with Crippen LogP contribution in [0.25, 0.3) is 0 Å². The molecule has 124 valence electrons. The average molecular weight is 322 g/mol. The molecule has 1 amide bonds. The number of nitrogens with zero attached hydrogens (tertiary/aromatic N) is 1. The molecule has 2 fully saturated rings. The molecular weight excluding hydrogens is 300 g/mol. The number of hydrogen-bond acceptors (Lipinski definition) is 3. The van der Waals surface area contributed by atoms with Gasteiger partial charge < -0.3 is 15.0 Å². The molecule has 0 aliphatic carbocycles. The molecule has 4 heteroatoms. The molecule has 0 unspecified atom stereocenters. The summed E-state index contributed by atoms with van der Waals surface area (Å²) < 4.78 is 6.15. The Morgan fingerprint density at radius 2 is 1.79 bits per heavy atom. The van der Waals surface area contributed by atoms with E-state index in [4.69, 9.17) is 4.74 Å². The fraction of sp³-hybridized carbons (Fsp3) is 0.350. The van der Waals surface area contributed by atoms with Gasteiger partial charge in [-0.25, -0.2) is 0 Å². The van der Waals surface area contributed by atoms with Crippen LogP contribution in [0.4, 0.5) is 0 Å². The second-order valence-electron chi connectivity index (χ2n) is 6.68. The van der Waals surface area contributed by atoms with Gasteiger partial charge in [-0.2, -0.15) is 0 Å². The first-order valence-corrected chi connectivity index (χ1v) is 8.47. The van der Waals surface area contributed by atoms with Gasteiger partial charge in [0.15, 0.2) is 5.72 Å². The molecule has 4 rings (SSSR count). The summed E-state index contributed by atoms with van der Waals surface area (Å²) in [6, 6.07) is 20.4. The minimum atomic E-state index is -0.577. The first-order valence-electron chi connectivity index (χ1n) is 8.47. The van der Waals surface area contributed by atoms with E-state index in [-0.39, 0.29) is 18.0 Å². The predicted octanol–water partition coefficient (Wildman–Crippen LogP) is 2.86. The smallest absolute Gasteiger partial charge is 0.227 e. The van der Waals surface area contributed by atoms with E-state index in [2.05, 4.69) is 29.6 Å². The molecule has 0 aromatic heterocycles. The molecule has 1 N–H and O–H groups in total. The maximum atomic E-state index is 12.7. The topological polar surface area (TPSA) is 41.6 Å². The van der Waals surface area contributed by atoms with Gasteiger partial charge in [0.1, 0.15) is 0 Å². The summed E-state index contributed by atoms with van der Waals surface area (Å²) in [6.45, 7) is 3.32. The number of benzene rings is 2. The molecule has 2 aliphatic heterocycles. The van der Waals surface area contributed by atoms with Crippen LogP contribution >= 0.6 is 0 Å². The van der Waals surface area contributed by atoms with Gasteiger partial charge in [0.25, 0.3) is 0 Å². The lowest BCUT2D eigenvalue weighted by Crippen LogP contribution is -2.51. The Morgan fingerprint density at radius 3 is 2.50 bits per heavy atom. The summed E-state index contributed by atoms with van der Waals surface area (Å²) >= 11 is 0. The van der Waals surface area contributed by atoms with Crippen molar-refractivity contribution >= 4 is 5.91 Å².